The van der Waals surface area contributed by atoms with E-state index in [0.717, 1.165) is 12.0 Å². The van der Waals surface area contributed by atoms with Gasteiger partial charge in [0.25, 0.3) is 0 Å². The lowest BCUT2D eigenvalue weighted by Gasteiger charge is -2.15. The molecule has 0 spiro atoms. The molecule has 0 fully saturated rings. The van der Waals surface area contributed by atoms with Crippen LogP contribution < -0.4 is 5.32 Å². The van der Waals surface area contributed by atoms with E-state index in [1.807, 2.05) is 24.3 Å². The van der Waals surface area contributed by atoms with Crippen molar-refractivity contribution in [3.05, 3.63) is 35.3 Å². The molecule has 0 aromatic heterocycles. The minimum Gasteiger partial charge on any atom is -0.382 e. The van der Waals surface area contributed by atoms with E-state index in [-0.39, 0.29) is 0 Å². The lowest BCUT2D eigenvalue weighted by Crippen LogP contribution is -2.09. The molecule has 0 saturated carbocycles. The summed E-state index contributed by atoms with van der Waals surface area (Å²) in [5.74, 6) is 0. The van der Waals surface area contributed by atoms with Crippen molar-refractivity contribution in [1.82, 2.24) is 0 Å². The standard InChI is InChI=1S/C9H8BN/c10-8-5-7-3-1-2-4-9(7)11-6-8/h1-5,11H,6H2. The number of nitrogens with one attached hydrogen (secondary N) is 1. The fourth-order valence-corrected chi connectivity index (χ4v) is 1.23. The molecular formula is C9H8BN. The Hall–Kier alpha value is -1.18. The number of fused-ring (bicyclic) bond motifs is 1. The highest BCUT2D eigenvalue weighted by Gasteiger charge is 2.03. The highest BCUT2D eigenvalue weighted by molar-refractivity contribution is 6.25. The SMILES string of the molecule is [B]C1=Cc2ccccc2NC1. The molecule has 11 heavy (non-hydrogen) atoms. The van der Waals surface area contributed by atoms with Crippen LogP contribution in [0.5, 0.6) is 0 Å². The van der Waals surface area contributed by atoms with E-state index in [0.29, 0.717) is 0 Å². The average molecular weight is 141 g/mol. The Kier molecular flexibility index (Phi) is 1.46. The molecule has 52 valence electrons. The van der Waals surface area contributed by atoms with Crippen LogP contribution in [-0.4, -0.2) is 14.4 Å². The van der Waals surface area contributed by atoms with Gasteiger partial charge in [-0.3, -0.25) is 0 Å². The van der Waals surface area contributed by atoms with Gasteiger partial charge in [0.05, 0.1) is 0 Å². The molecule has 0 amide bonds. The molecule has 0 saturated heterocycles. The first-order chi connectivity index (χ1) is 5.36. The Morgan fingerprint density at radius 3 is 3.00 bits per heavy atom. The second-order valence-corrected chi connectivity index (χ2v) is 2.66. The topological polar surface area (TPSA) is 12.0 Å². The van der Waals surface area contributed by atoms with Gasteiger partial charge >= 0.3 is 0 Å². The van der Waals surface area contributed by atoms with Crippen LogP contribution in [-0.2, 0) is 0 Å². The lowest BCUT2D eigenvalue weighted by atomic mass is 9.90. The van der Waals surface area contributed by atoms with Crippen LogP contribution in [0.3, 0.4) is 0 Å². The predicted octanol–water partition coefficient (Wildman–Crippen LogP) is 1.62. The summed E-state index contributed by atoms with van der Waals surface area (Å²) in [4.78, 5) is 0. The maximum Gasteiger partial charge on any atom is 0.110 e. The molecule has 0 bridgehead atoms. The van der Waals surface area contributed by atoms with E-state index in [9.17, 15) is 0 Å². The third-order valence-electron chi connectivity index (χ3n) is 1.78. The first kappa shape index (κ1) is 6.53. The number of hydrogen-bond donors (Lipinski definition) is 1. The van der Waals surface area contributed by atoms with Gasteiger partial charge < -0.3 is 5.32 Å². The van der Waals surface area contributed by atoms with Crippen LogP contribution >= 0.6 is 0 Å². The van der Waals surface area contributed by atoms with Crippen molar-refractivity contribution >= 4 is 19.6 Å². The minimum atomic E-state index is 0.761. The van der Waals surface area contributed by atoms with Crippen LogP contribution in [0.2, 0.25) is 0 Å². The Bertz CT molecular complexity index is 304. The van der Waals surface area contributed by atoms with Gasteiger partial charge in [-0.2, -0.15) is 0 Å². The summed E-state index contributed by atoms with van der Waals surface area (Å²) < 4.78 is 0. The van der Waals surface area contributed by atoms with Gasteiger partial charge in [-0.25, -0.2) is 0 Å². The zero-order chi connectivity index (χ0) is 7.68. The second kappa shape index (κ2) is 2.46. The molecular weight excluding hydrogens is 133 g/mol. The third kappa shape index (κ3) is 1.16. The van der Waals surface area contributed by atoms with Gasteiger partial charge in [0.1, 0.15) is 7.85 Å². The Morgan fingerprint density at radius 2 is 2.09 bits per heavy atom. The first-order valence-electron chi connectivity index (χ1n) is 3.65. The predicted molar refractivity (Wildman–Crippen MR) is 48.7 cm³/mol. The maximum absolute atomic E-state index is 5.65. The summed E-state index contributed by atoms with van der Waals surface area (Å²) in [7, 11) is 5.65. The summed E-state index contributed by atoms with van der Waals surface area (Å²) in [5, 5.41) is 3.22. The second-order valence-electron chi connectivity index (χ2n) is 2.66. The van der Waals surface area contributed by atoms with E-state index < -0.39 is 0 Å². The third-order valence-corrected chi connectivity index (χ3v) is 1.78. The van der Waals surface area contributed by atoms with Crippen molar-refractivity contribution in [2.24, 2.45) is 0 Å². The van der Waals surface area contributed by atoms with Crippen molar-refractivity contribution in [1.29, 1.82) is 0 Å². The lowest BCUT2D eigenvalue weighted by molar-refractivity contribution is 1.29. The number of hydrogen-bond acceptors (Lipinski definition) is 1. The molecule has 1 aliphatic heterocycles. The van der Waals surface area contributed by atoms with E-state index in [2.05, 4.69) is 11.4 Å². The van der Waals surface area contributed by atoms with Crippen LogP contribution in [0.15, 0.2) is 29.7 Å². The summed E-state index contributed by atoms with van der Waals surface area (Å²) in [6.45, 7) is 0.761. The van der Waals surface area contributed by atoms with Gasteiger partial charge in [-0.1, -0.05) is 29.7 Å². The number of para-hydroxylation sites is 1. The summed E-state index contributed by atoms with van der Waals surface area (Å²) >= 11 is 0. The van der Waals surface area contributed by atoms with Crippen LogP contribution in [0.25, 0.3) is 6.08 Å². The van der Waals surface area contributed by atoms with Crippen LogP contribution in [0, 0.1) is 0 Å². The normalized spacial score (nSPS) is 14.7. The molecule has 0 atom stereocenters. The molecule has 0 aliphatic carbocycles. The van der Waals surface area contributed by atoms with Crippen molar-refractivity contribution in [2.75, 3.05) is 11.9 Å². The molecule has 2 heteroatoms. The van der Waals surface area contributed by atoms with E-state index in [4.69, 9.17) is 7.85 Å². The summed E-state index contributed by atoms with van der Waals surface area (Å²) in [6.07, 6.45) is 2.01. The van der Waals surface area contributed by atoms with Gasteiger partial charge in [0.15, 0.2) is 0 Å². The van der Waals surface area contributed by atoms with Crippen molar-refractivity contribution in [3.63, 3.8) is 0 Å². The van der Waals surface area contributed by atoms with Crippen LogP contribution in [0.4, 0.5) is 5.69 Å². The van der Waals surface area contributed by atoms with Gasteiger partial charge in [0, 0.05) is 12.2 Å². The molecule has 2 radical (unpaired) electrons. The molecule has 1 aromatic rings. The van der Waals surface area contributed by atoms with E-state index in [1.54, 1.807) is 0 Å². The summed E-state index contributed by atoms with van der Waals surface area (Å²) in [6, 6.07) is 8.13. The molecule has 1 heterocycles. The maximum atomic E-state index is 5.65. The monoisotopic (exact) mass is 141 g/mol. The zero-order valence-corrected chi connectivity index (χ0v) is 6.17. The number of benzene rings is 1. The van der Waals surface area contributed by atoms with E-state index in [1.165, 1.54) is 11.3 Å². The van der Waals surface area contributed by atoms with Gasteiger partial charge in [0.2, 0.25) is 0 Å². The van der Waals surface area contributed by atoms with E-state index >= 15 is 0 Å². The zero-order valence-electron chi connectivity index (χ0n) is 6.17. The largest absolute Gasteiger partial charge is 0.382 e. The molecule has 2 rings (SSSR count). The molecule has 0 unspecified atom stereocenters. The van der Waals surface area contributed by atoms with Gasteiger partial charge in [-0.15, -0.1) is 0 Å². The molecule has 1 aliphatic rings. The Balaban J connectivity index is 2.51. The minimum absolute atomic E-state index is 0.761. The summed E-state index contributed by atoms with van der Waals surface area (Å²) in [5.41, 5.74) is 3.24. The highest BCUT2D eigenvalue weighted by Crippen LogP contribution is 2.21. The van der Waals surface area contributed by atoms with Crippen molar-refractivity contribution in [2.45, 2.75) is 0 Å². The molecule has 1 nitrogen and oxygen atoms in total. The highest BCUT2D eigenvalue weighted by atomic mass is 14.9. The first-order valence-corrected chi connectivity index (χ1v) is 3.65. The van der Waals surface area contributed by atoms with Crippen LogP contribution in [0.1, 0.15) is 5.56 Å². The Morgan fingerprint density at radius 1 is 1.27 bits per heavy atom. The smallest absolute Gasteiger partial charge is 0.110 e. The Labute approximate surface area is 67.5 Å². The fourth-order valence-electron chi connectivity index (χ4n) is 1.23. The molecule has 1 N–H and O–H groups in total. The van der Waals surface area contributed by atoms with Crippen molar-refractivity contribution < 1.29 is 0 Å². The number of rotatable bonds is 0. The fraction of sp³-hybridized carbons (Fsp3) is 0.111. The molecule has 1 aromatic carbocycles. The quantitative estimate of drug-likeness (QED) is 0.541. The average Bonchev–Trinajstić information content (AvgIpc) is 2.04. The van der Waals surface area contributed by atoms with Crippen molar-refractivity contribution in [3.8, 4) is 0 Å². The van der Waals surface area contributed by atoms with Gasteiger partial charge in [-0.05, 0) is 11.6 Å². The number of anilines is 1.